The summed E-state index contributed by atoms with van der Waals surface area (Å²) in [6.45, 7) is 2.42. The van der Waals surface area contributed by atoms with Gasteiger partial charge in [0.15, 0.2) is 5.84 Å². The van der Waals surface area contributed by atoms with Gasteiger partial charge in [-0.15, -0.1) is 0 Å². The minimum absolute atomic E-state index is 0.0121. The second kappa shape index (κ2) is 5.46. The molecule has 0 bridgehead atoms. The lowest BCUT2D eigenvalue weighted by molar-refractivity contribution is -0.384. The smallest absolute Gasteiger partial charge is 0.269 e. The number of oxime groups is 1. The molecule has 0 radical (unpaired) electrons. The highest BCUT2D eigenvalue weighted by molar-refractivity contribution is 5.98. The molecule has 0 unspecified atom stereocenters. The number of amidine groups is 1. The number of morpholine rings is 1. The highest BCUT2D eigenvalue weighted by atomic mass is 16.6. The van der Waals surface area contributed by atoms with E-state index in [1.165, 1.54) is 12.1 Å². The maximum atomic E-state index is 10.6. The Morgan fingerprint density at radius 2 is 1.94 bits per heavy atom. The summed E-state index contributed by atoms with van der Waals surface area (Å²) < 4.78 is 5.21. The molecule has 1 aromatic carbocycles. The van der Waals surface area contributed by atoms with Crippen LogP contribution in [0, 0.1) is 10.1 Å². The van der Waals surface area contributed by atoms with Gasteiger partial charge in [-0.25, -0.2) is 0 Å². The summed E-state index contributed by atoms with van der Waals surface area (Å²) in [4.78, 5) is 12.0. The summed E-state index contributed by atoms with van der Waals surface area (Å²) in [6.07, 6.45) is 0. The van der Waals surface area contributed by atoms with Gasteiger partial charge in [0.25, 0.3) is 5.69 Å². The van der Waals surface area contributed by atoms with Gasteiger partial charge in [0.2, 0.25) is 0 Å². The number of rotatable bonds is 2. The first-order chi connectivity index (χ1) is 8.72. The fourth-order valence-corrected chi connectivity index (χ4v) is 1.81. The van der Waals surface area contributed by atoms with Crippen LogP contribution < -0.4 is 0 Å². The Balaban J connectivity index is 2.19. The molecule has 1 fully saturated rings. The molecule has 1 saturated heterocycles. The molecule has 0 saturated carbocycles. The second-order valence-electron chi connectivity index (χ2n) is 3.83. The van der Waals surface area contributed by atoms with E-state index in [0.717, 1.165) is 0 Å². The zero-order valence-electron chi connectivity index (χ0n) is 9.65. The van der Waals surface area contributed by atoms with Crippen LogP contribution in [0.3, 0.4) is 0 Å². The predicted octanol–water partition coefficient (Wildman–Crippen LogP) is 1.06. The second-order valence-corrected chi connectivity index (χ2v) is 3.83. The summed E-state index contributed by atoms with van der Waals surface area (Å²) >= 11 is 0. The van der Waals surface area contributed by atoms with Crippen LogP contribution in [0.15, 0.2) is 29.4 Å². The Hall–Kier alpha value is -2.15. The molecule has 0 aliphatic carbocycles. The van der Waals surface area contributed by atoms with Gasteiger partial charge in [0, 0.05) is 30.8 Å². The van der Waals surface area contributed by atoms with Crippen molar-refractivity contribution in [3.63, 3.8) is 0 Å². The molecule has 1 N–H and O–H groups in total. The van der Waals surface area contributed by atoms with E-state index in [1.807, 2.05) is 4.90 Å². The van der Waals surface area contributed by atoms with Gasteiger partial charge in [0.05, 0.1) is 18.1 Å². The van der Waals surface area contributed by atoms with E-state index in [1.54, 1.807) is 12.1 Å². The van der Waals surface area contributed by atoms with E-state index in [0.29, 0.717) is 37.7 Å². The number of non-ortho nitro benzene ring substituents is 1. The number of benzene rings is 1. The van der Waals surface area contributed by atoms with Crippen LogP contribution in [0.2, 0.25) is 0 Å². The van der Waals surface area contributed by atoms with Crippen molar-refractivity contribution in [2.45, 2.75) is 0 Å². The Morgan fingerprint density at radius 1 is 1.33 bits per heavy atom. The molecule has 0 aromatic heterocycles. The third-order valence-electron chi connectivity index (χ3n) is 2.74. The largest absolute Gasteiger partial charge is 0.409 e. The highest BCUT2D eigenvalue weighted by Gasteiger charge is 2.18. The monoisotopic (exact) mass is 251 g/mol. The van der Waals surface area contributed by atoms with Crippen molar-refractivity contribution >= 4 is 11.5 Å². The molecule has 1 heterocycles. The Morgan fingerprint density at radius 3 is 2.44 bits per heavy atom. The molecule has 1 aliphatic heterocycles. The SMILES string of the molecule is O=[N+]([O-])c1ccc(/C(=N\O)N2CCOCC2)cc1. The Labute approximate surface area is 103 Å². The van der Waals surface area contributed by atoms with Gasteiger partial charge in [0.1, 0.15) is 0 Å². The van der Waals surface area contributed by atoms with Gasteiger partial charge in [-0.05, 0) is 12.1 Å². The van der Waals surface area contributed by atoms with Crippen LogP contribution in [-0.4, -0.2) is 47.2 Å². The van der Waals surface area contributed by atoms with Crippen LogP contribution in [0.4, 0.5) is 5.69 Å². The molecule has 96 valence electrons. The van der Waals surface area contributed by atoms with Crippen LogP contribution in [0.5, 0.6) is 0 Å². The quantitative estimate of drug-likeness (QED) is 0.279. The molecule has 1 aliphatic rings. The molecule has 2 rings (SSSR count). The molecule has 1 aromatic rings. The Bertz CT molecular complexity index is 452. The van der Waals surface area contributed by atoms with Gasteiger partial charge < -0.3 is 14.8 Å². The summed E-state index contributed by atoms with van der Waals surface area (Å²) in [7, 11) is 0. The van der Waals surface area contributed by atoms with E-state index in [9.17, 15) is 10.1 Å². The van der Waals surface area contributed by atoms with Crippen molar-refractivity contribution in [3.05, 3.63) is 39.9 Å². The number of ether oxygens (including phenoxy) is 1. The maximum Gasteiger partial charge on any atom is 0.269 e. The molecule has 0 spiro atoms. The molecule has 7 nitrogen and oxygen atoms in total. The molecule has 0 atom stereocenters. The van der Waals surface area contributed by atoms with Gasteiger partial charge in [-0.3, -0.25) is 10.1 Å². The first-order valence-corrected chi connectivity index (χ1v) is 5.52. The average Bonchev–Trinajstić information content (AvgIpc) is 2.41. The summed E-state index contributed by atoms with van der Waals surface area (Å²) in [5.74, 6) is 0.410. The van der Waals surface area contributed by atoms with Crippen molar-refractivity contribution in [2.75, 3.05) is 26.3 Å². The zero-order chi connectivity index (χ0) is 13.0. The lowest BCUT2D eigenvalue weighted by atomic mass is 10.1. The Kier molecular flexibility index (Phi) is 3.73. The zero-order valence-corrected chi connectivity index (χ0v) is 9.65. The minimum Gasteiger partial charge on any atom is -0.409 e. The van der Waals surface area contributed by atoms with Crippen LogP contribution in [0.1, 0.15) is 5.56 Å². The molecule has 0 amide bonds. The predicted molar refractivity (Wildman–Crippen MR) is 63.8 cm³/mol. The minimum atomic E-state index is -0.464. The van der Waals surface area contributed by atoms with E-state index in [4.69, 9.17) is 9.94 Å². The topological polar surface area (TPSA) is 88.2 Å². The third-order valence-corrected chi connectivity index (χ3v) is 2.74. The fourth-order valence-electron chi connectivity index (χ4n) is 1.81. The molecule has 7 heteroatoms. The third kappa shape index (κ3) is 2.57. The fraction of sp³-hybridized carbons (Fsp3) is 0.364. The normalized spacial score (nSPS) is 16.7. The summed E-state index contributed by atoms with van der Waals surface area (Å²) in [6, 6.07) is 5.92. The van der Waals surface area contributed by atoms with E-state index < -0.39 is 4.92 Å². The number of nitro benzene ring substituents is 1. The maximum absolute atomic E-state index is 10.6. The number of nitro groups is 1. The number of nitrogens with zero attached hydrogens (tertiary/aromatic N) is 3. The molecular weight excluding hydrogens is 238 g/mol. The molecular formula is C11H13N3O4. The van der Waals surface area contributed by atoms with Crippen LogP contribution >= 0.6 is 0 Å². The van der Waals surface area contributed by atoms with E-state index in [-0.39, 0.29) is 5.69 Å². The van der Waals surface area contributed by atoms with E-state index in [2.05, 4.69) is 5.16 Å². The number of hydrogen-bond donors (Lipinski definition) is 1. The van der Waals surface area contributed by atoms with Gasteiger partial charge >= 0.3 is 0 Å². The van der Waals surface area contributed by atoms with Crippen molar-refractivity contribution in [1.82, 2.24) is 4.90 Å². The first-order valence-electron chi connectivity index (χ1n) is 5.52. The summed E-state index contributed by atoms with van der Waals surface area (Å²) in [5, 5.41) is 22.9. The molecule has 18 heavy (non-hydrogen) atoms. The first kappa shape index (κ1) is 12.3. The van der Waals surface area contributed by atoms with Gasteiger partial charge in [-0.1, -0.05) is 5.16 Å². The highest BCUT2D eigenvalue weighted by Crippen LogP contribution is 2.14. The van der Waals surface area contributed by atoms with Gasteiger partial charge in [-0.2, -0.15) is 0 Å². The lowest BCUT2D eigenvalue weighted by Gasteiger charge is -2.28. The van der Waals surface area contributed by atoms with Crippen LogP contribution in [-0.2, 0) is 4.74 Å². The average molecular weight is 251 g/mol. The summed E-state index contributed by atoms with van der Waals surface area (Å²) in [5.41, 5.74) is 0.656. The van der Waals surface area contributed by atoms with Crippen molar-refractivity contribution in [3.8, 4) is 0 Å². The van der Waals surface area contributed by atoms with E-state index >= 15 is 0 Å². The van der Waals surface area contributed by atoms with Crippen molar-refractivity contribution in [1.29, 1.82) is 0 Å². The van der Waals surface area contributed by atoms with Crippen molar-refractivity contribution < 1.29 is 14.9 Å². The number of hydrogen-bond acceptors (Lipinski definition) is 5. The standard InChI is InChI=1S/C11H13N3O4/c15-12-11(13-5-7-18-8-6-13)9-1-3-10(4-2-9)14(16)17/h1-4,15H,5-8H2/b12-11+. The van der Waals surface area contributed by atoms with Crippen LogP contribution in [0.25, 0.3) is 0 Å². The lowest BCUT2D eigenvalue weighted by Crippen LogP contribution is -2.41. The van der Waals surface area contributed by atoms with Crippen molar-refractivity contribution in [2.24, 2.45) is 5.16 Å².